The van der Waals surface area contributed by atoms with Gasteiger partial charge in [0.15, 0.2) is 0 Å². The summed E-state index contributed by atoms with van der Waals surface area (Å²) in [6, 6.07) is 1.24. The van der Waals surface area contributed by atoms with Crippen molar-refractivity contribution in [3.8, 4) is 0 Å². The molecule has 118 valence electrons. The van der Waals surface area contributed by atoms with E-state index in [1.165, 1.54) is 0 Å². The third kappa shape index (κ3) is 4.42. The maximum atomic E-state index is 13.6. The Bertz CT molecular complexity index is 521. The third-order valence-corrected chi connectivity index (χ3v) is 3.12. The van der Waals surface area contributed by atoms with E-state index in [0.29, 0.717) is 18.2 Å². The molecular formula is C14H18F4N2O. The van der Waals surface area contributed by atoms with Crippen LogP contribution in [0.4, 0.5) is 17.6 Å². The smallest absolute Gasteiger partial charge is 0.347 e. The van der Waals surface area contributed by atoms with E-state index in [-0.39, 0.29) is 6.54 Å². The van der Waals surface area contributed by atoms with E-state index in [1.54, 1.807) is 0 Å². The summed E-state index contributed by atoms with van der Waals surface area (Å²) in [6.45, 7) is 5.53. The Labute approximate surface area is 120 Å². The number of rotatable bonds is 3. The second kappa shape index (κ2) is 6.01. The molecular weight excluding hydrogens is 288 g/mol. The minimum absolute atomic E-state index is 0.0931. The van der Waals surface area contributed by atoms with E-state index in [4.69, 9.17) is 5.73 Å². The van der Waals surface area contributed by atoms with Crippen molar-refractivity contribution in [2.75, 3.05) is 6.54 Å². The summed E-state index contributed by atoms with van der Waals surface area (Å²) in [4.78, 5) is 12.0. The Kier molecular flexibility index (Phi) is 4.99. The molecule has 0 saturated heterocycles. The van der Waals surface area contributed by atoms with E-state index in [9.17, 15) is 22.4 Å². The predicted molar refractivity (Wildman–Crippen MR) is 71.2 cm³/mol. The number of halogens is 4. The molecule has 0 saturated carbocycles. The molecule has 7 heteroatoms. The molecule has 0 aliphatic rings. The number of nitrogens with one attached hydrogen (secondary N) is 1. The Hall–Kier alpha value is -1.63. The molecule has 1 aromatic rings. The summed E-state index contributed by atoms with van der Waals surface area (Å²) in [5, 5.41) is 2.47. The van der Waals surface area contributed by atoms with Crippen LogP contribution < -0.4 is 11.1 Å². The number of alkyl halides is 3. The van der Waals surface area contributed by atoms with Crippen LogP contribution in [0.2, 0.25) is 0 Å². The van der Waals surface area contributed by atoms with Gasteiger partial charge in [-0.15, -0.1) is 0 Å². The maximum Gasteiger partial charge on any atom is 0.416 e. The summed E-state index contributed by atoms with van der Waals surface area (Å²) >= 11 is 0. The van der Waals surface area contributed by atoms with Crippen LogP contribution in [0, 0.1) is 11.2 Å². The summed E-state index contributed by atoms with van der Waals surface area (Å²) in [6.07, 6.45) is -4.64. The van der Waals surface area contributed by atoms with Gasteiger partial charge in [0.1, 0.15) is 5.82 Å². The summed E-state index contributed by atoms with van der Waals surface area (Å²) in [7, 11) is 0. The normalized spacial score (nSPS) is 13.9. The first-order valence-corrected chi connectivity index (χ1v) is 6.34. The highest BCUT2D eigenvalue weighted by Crippen LogP contribution is 2.30. The van der Waals surface area contributed by atoms with Gasteiger partial charge < -0.3 is 11.1 Å². The molecule has 1 rings (SSSR count). The zero-order valence-corrected chi connectivity index (χ0v) is 12.0. The molecule has 0 aliphatic heterocycles. The molecule has 0 aromatic heterocycles. The minimum Gasteiger partial charge on any atom is -0.347 e. The van der Waals surface area contributed by atoms with Crippen molar-refractivity contribution < 1.29 is 22.4 Å². The maximum absolute atomic E-state index is 13.6. The van der Waals surface area contributed by atoms with Crippen LogP contribution in [0.15, 0.2) is 18.2 Å². The van der Waals surface area contributed by atoms with Gasteiger partial charge in [-0.3, -0.25) is 4.79 Å². The van der Waals surface area contributed by atoms with Crippen molar-refractivity contribution in [1.29, 1.82) is 0 Å². The van der Waals surface area contributed by atoms with Gasteiger partial charge in [-0.2, -0.15) is 13.2 Å². The molecule has 0 fully saturated rings. The largest absolute Gasteiger partial charge is 0.416 e. The first-order chi connectivity index (χ1) is 9.46. The van der Waals surface area contributed by atoms with Crippen molar-refractivity contribution in [2.45, 2.75) is 33.0 Å². The molecule has 1 amide bonds. The highest BCUT2D eigenvalue weighted by molar-refractivity contribution is 5.95. The zero-order chi connectivity index (χ0) is 16.4. The van der Waals surface area contributed by atoms with Crippen molar-refractivity contribution in [3.05, 3.63) is 35.1 Å². The summed E-state index contributed by atoms with van der Waals surface area (Å²) in [5.41, 5.74) is 3.41. The lowest BCUT2D eigenvalue weighted by atomic mass is 9.86. The fourth-order valence-corrected chi connectivity index (χ4v) is 1.74. The molecule has 0 aliphatic carbocycles. The van der Waals surface area contributed by atoms with Crippen molar-refractivity contribution >= 4 is 5.91 Å². The van der Waals surface area contributed by atoms with Crippen molar-refractivity contribution in [3.63, 3.8) is 0 Å². The van der Waals surface area contributed by atoms with Crippen LogP contribution >= 0.6 is 0 Å². The number of carbonyl (C=O) groups excluding carboxylic acids is 1. The molecule has 1 aromatic carbocycles. The topological polar surface area (TPSA) is 55.1 Å². The highest BCUT2D eigenvalue weighted by atomic mass is 19.4. The SMILES string of the molecule is CC(C)(C)C(CN)NC(=O)c1cc(C(F)(F)F)ccc1F. The lowest BCUT2D eigenvalue weighted by Gasteiger charge is -2.30. The first-order valence-electron chi connectivity index (χ1n) is 6.34. The summed E-state index contributed by atoms with van der Waals surface area (Å²) < 4.78 is 51.4. The van der Waals surface area contributed by atoms with Crippen LogP contribution in [-0.4, -0.2) is 18.5 Å². The number of hydrogen-bond donors (Lipinski definition) is 2. The number of amides is 1. The molecule has 0 heterocycles. The van der Waals surface area contributed by atoms with Gasteiger partial charge in [-0.25, -0.2) is 4.39 Å². The van der Waals surface area contributed by atoms with Gasteiger partial charge in [0.25, 0.3) is 5.91 Å². The lowest BCUT2D eigenvalue weighted by Crippen LogP contribution is -2.48. The van der Waals surface area contributed by atoms with Crippen molar-refractivity contribution in [2.24, 2.45) is 11.1 Å². The average Bonchev–Trinajstić information content (AvgIpc) is 2.33. The fraction of sp³-hybridized carbons (Fsp3) is 0.500. The first kappa shape index (κ1) is 17.4. The van der Waals surface area contributed by atoms with E-state index in [1.807, 2.05) is 20.8 Å². The predicted octanol–water partition coefficient (Wildman–Crippen LogP) is 2.95. The van der Waals surface area contributed by atoms with E-state index < -0.39 is 40.5 Å². The van der Waals surface area contributed by atoms with Gasteiger partial charge in [0.2, 0.25) is 0 Å². The minimum atomic E-state index is -4.64. The molecule has 1 atom stereocenters. The average molecular weight is 306 g/mol. The van der Waals surface area contributed by atoms with Crippen molar-refractivity contribution in [1.82, 2.24) is 5.32 Å². The van der Waals surface area contributed by atoms with E-state index in [0.717, 1.165) is 0 Å². The molecule has 0 bridgehead atoms. The Morgan fingerprint density at radius 2 is 1.86 bits per heavy atom. The van der Waals surface area contributed by atoms with Gasteiger partial charge >= 0.3 is 6.18 Å². The molecule has 0 radical (unpaired) electrons. The second-order valence-electron chi connectivity index (χ2n) is 5.82. The van der Waals surface area contributed by atoms with Crippen LogP contribution in [0.25, 0.3) is 0 Å². The number of carbonyl (C=O) groups is 1. The molecule has 3 N–H and O–H groups in total. The molecule has 21 heavy (non-hydrogen) atoms. The molecule has 0 spiro atoms. The second-order valence-corrected chi connectivity index (χ2v) is 5.82. The van der Waals surface area contributed by atoms with Gasteiger partial charge in [0.05, 0.1) is 11.1 Å². The zero-order valence-electron chi connectivity index (χ0n) is 12.0. The van der Waals surface area contributed by atoms with E-state index in [2.05, 4.69) is 5.32 Å². The van der Waals surface area contributed by atoms with Gasteiger partial charge in [-0.1, -0.05) is 20.8 Å². The standard InChI is InChI=1S/C14H18F4N2O/c1-13(2,3)11(7-19)20-12(21)9-6-8(14(16,17)18)4-5-10(9)15/h4-6,11H,7,19H2,1-3H3,(H,20,21). The van der Waals surface area contributed by atoms with E-state index >= 15 is 0 Å². The molecule has 1 unspecified atom stereocenters. The van der Waals surface area contributed by atoms with Gasteiger partial charge in [-0.05, 0) is 23.6 Å². The fourth-order valence-electron chi connectivity index (χ4n) is 1.74. The Morgan fingerprint density at radius 3 is 2.29 bits per heavy atom. The summed E-state index contributed by atoms with van der Waals surface area (Å²) in [5.74, 6) is -1.92. The quantitative estimate of drug-likeness (QED) is 0.844. The third-order valence-electron chi connectivity index (χ3n) is 3.12. The Morgan fingerprint density at radius 1 is 1.29 bits per heavy atom. The van der Waals surface area contributed by atoms with Crippen LogP contribution in [-0.2, 0) is 6.18 Å². The highest BCUT2D eigenvalue weighted by Gasteiger charge is 2.32. The number of benzene rings is 1. The number of hydrogen-bond acceptors (Lipinski definition) is 2. The Balaban J connectivity index is 3.07. The molecule has 3 nitrogen and oxygen atoms in total. The van der Waals surface area contributed by atoms with Crippen LogP contribution in [0.3, 0.4) is 0 Å². The lowest BCUT2D eigenvalue weighted by molar-refractivity contribution is -0.137. The number of nitrogens with two attached hydrogens (primary N) is 1. The van der Waals surface area contributed by atoms with Gasteiger partial charge in [0, 0.05) is 12.6 Å². The monoisotopic (exact) mass is 306 g/mol. The van der Waals surface area contributed by atoms with Crippen LogP contribution in [0.1, 0.15) is 36.7 Å². The van der Waals surface area contributed by atoms with Crippen LogP contribution in [0.5, 0.6) is 0 Å².